The molecule has 0 amide bonds. The summed E-state index contributed by atoms with van der Waals surface area (Å²) in [5, 5.41) is 18.1. The number of nitrogens with one attached hydrogen (secondary N) is 1. The molecule has 0 aliphatic heterocycles. The molecule has 3 N–H and O–H groups in total. The summed E-state index contributed by atoms with van der Waals surface area (Å²) in [7, 11) is 0. The molecule has 0 radical (unpaired) electrons. The summed E-state index contributed by atoms with van der Waals surface area (Å²) in [6.07, 6.45) is -6.25. The summed E-state index contributed by atoms with van der Waals surface area (Å²) in [4.78, 5) is 12.7. The first-order valence-electron chi connectivity index (χ1n) is 4.90. The molecule has 18 heavy (non-hydrogen) atoms. The van der Waals surface area contributed by atoms with Crippen molar-refractivity contribution in [3.8, 4) is 0 Å². The third-order valence-corrected chi connectivity index (χ3v) is 2.50. The van der Waals surface area contributed by atoms with Crippen LogP contribution in [-0.2, 0) is 11.0 Å². The number of fused-ring (bicyclic) bond motifs is 1. The summed E-state index contributed by atoms with van der Waals surface area (Å²) in [6.45, 7) is 0. The van der Waals surface area contributed by atoms with Gasteiger partial charge < -0.3 is 15.2 Å². The van der Waals surface area contributed by atoms with E-state index in [1.807, 2.05) is 0 Å². The molecule has 1 aromatic heterocycles. The maximum atomic E-state index is 12.4. The maximum Gasteiger partial charge on any atom is 0.431 e. The highest BCUT2D eigenvalue weighted by Crippen LogP contribution is 2.31. The quantitative estimate of drug-likeness (QED) is 0.774. The van der Waals surface area contributed by atoms with Crippen molar-refractivity contribution in [2.45, 2.75) is 12.3 Å². The van der Waals surface area contributed by atoms with Gasteiger partial charge in [0, 0.05) is 10.9 Å². The van der Waals surface area contributed by atoms with Gasteiger partial charge in [-0.05, 0) is 23.8 Å². The van der Waals surface area contributed by atoms with Gasteiger partial charge in [-0.3, -0.25) is 0 Å². The Morgan fingerprint density at radius 3 is 2.50 bits per heavy atom. The number of aromatic nitrogens is 1. The van der Waals surface area contributed by atoms with Crippen LogP contribution < -0.4 is 0 Å². The van der Waals surface area contributed by atoms with Crippen LogP contribution in [0.3, 0.4) is 0 Å². The van der Waals surface area contributed by atoms with E-state index in [0.29, 0.717) is 0 Å². The molecule has 1 unspecified atom stereocenters. The third kappa shape index (κ3) is 2.17. The van der Waals surface area contributed by atoms with Crippen molar-refractivity contribution >= 4 is 16.9 Å². The summed E-state index contributed by atoms with van der Waals surface area (Å²) in [5.41, 5.74) is -0.661. The Morgan fingerprint density at radius 2 is 1.94 bits per heavy atom. The lowest BCUT2D eigenvalue weighted by Gasteiger charge is -2.04. The second-order valence-electron chi connectivity index (χ2n) is 3.77. The number of aliphatic carboxylic acids is 1. The molecule has 2 aromatic rings. The molecule has 0 aliphatic rings. The van der Waals surface area contributed by atoms with Crippen LogP contribution in [0.1, 0.15) is 17.4 Å². The monoisotopic (exact) mass is 259 g/mol. The van der Waals surface area contributed by atoms with Gasteiger partial charge in [0.05, 0.1) is 0 Å². The average molecular weight is 259 g/mol. The van der Waals surface area contributed by atoms with Gasteiger partial charge in [0.1, 0.15) is 5.69 Å². The largest absolute Gasteiger partial charge is 0.479 e. The van der Waals surface area contributed by atoms with Gasteiger partial charge in [-0.1, -0.05) is 6.07 Å². The van der Waals surface area contributed by atoms with Crippen molar-refractivity contribution in [3.63, 3.8) is 0 Å². The number of carboxylic acid groups (broad SMARTS) is 1. The molecule has 7 heteroatoms. The lowest BCUT2D eigenvalue weighted by molar-refractivity contribution is -0.147. The highest BCUT2D eigenvalue weighted by Gasteiger charge is 2.32. The molecule has 1 aromatic carbocycles. The number of rotatable bonds is 2. The van der Waals surface area contributed by atoms with Gasteiger partial charge in [-0.15, -0.1) is 0 Å². The number of aliphatic hydroxyl groups is 1. The average Bonchev–Trinajstić information content (AvgIpc) is 2.69. The highest BCUT2D eigenvalue weighted by molar-refractivity contribution is 5.83. The Labute approximate surface area is 98.7 Å². The molecule has 1 atom stereocenters. The first kappa shape index (κ1) is 12.4. The Morgan fingerprint density at radius 1 is 1.28 bits per heavy atom. The van der Waals surface area contributed by atoms with Crippen LogP contribution in [0.2, 0.25) is 0 Å². The van der Waals surface area contributed by atoms with Gasteiger partial charge >= 0.3 is 12.1 Å². The number of halogens is 3. The van der Waals surface area contributed by atoms with E-state index < -0.39 is 23.9 Å². The van der Waals surface area contributed by atoms with Crippen LogP contribution in [0.25, 0.3) is 10.9 Å². The number of alkyl halides is 3. The number of hydrogen-bond acceptors (Lipinski definition) is 2. The summed E-state index contributed by atoms with van der Waals surface area (Å²) < 4.78 is 37.3. The van der Waals surface area contributed by atoms with Crippen molar-refractivity contribution in [1.82, 2.24) is 4.98 Å². The number of carbonyl (C=O) groups is 1. The van der Waals surface area contributed by atoms with Gasteiger partial charge in [0.15, 0.2) is 6.10 Å². The van der Waals surface area contributed by atoms with Crippen molar-refractivity contribution in [2.24, 2.45) is 0 Å². The zero-order valence-corrected chi connectivity index (χ0v) is 8.82. The third-order valence-electron chi connectivity index (χ3n) is 2.50. The summed E-state index contributed by atoms with van der Waals surface area (Å²) in [5.74, 6) is -1.46. The molecule has 0 bridgehead atoms. The lowest BCUT2D eigenvalue weighted by atomic mass is 10.1. The minimum absolute atomic E-state index is 0.0303. The van der Waals surface area contributed by atoms with Crippen LogP contribution in [0.5, 0.6) is 0 Å². The molecule has 1 heterocycles. The summed E-state index contributed by atoms with van der Waals surface area (Å²) >= 11 is 0. The molecule has 0 saturated heterocycles. The van der Waals surface area contributed by atoms with E-state index in [4.69, 9.17) is 5.11 Å². The van der Waals surface area contributed by atoms with Gasteiger partial charge in [-0.2, -0.15) is 13.2 Å². The predicted octanol–water partition coefficient (Wildman–Crippen LogP) is 2.30. The number of H-pyrrole nitrogens is 1. The molecular formula is C11H8F3NO3. The smallest absolute Gasteiger partial charge is 0.431 e. The van der Waals surface area contributed by atoms with E-state index in [9.17, 15) is 23.1 Å². The first-order valence-corrected chi connectivity index (χ1v) is 4.90. The first-order chi connectivity index (χ1) is 8.29. The fraction of sp³-hybridized carbons (Fsp3) is 0.182. The number of hydrogen-bond donors (Lipinski definition) is 3. The lowest BCUT2D eigenvalue weighted by Crippen LogP contribution is -2.09. The Balaban J connectivity index is 2.49. The highest BCUT2D eigenvalue weighted by atomic mass is 19.4. The van der Waals surface area contributed by atoms with E-state index in [2.05, 4.69) is 4.98 Å². The van der Waals surface area contributed by atoms with Crippen molar-refractivity contribution in [2.75, 3.05) is 0 Å². The topological polar surface area (TPSA) is 73.3 Å². The number of aliphatic hydroxyl groups excluding tert-OH is 1. The van der Waals surface area contributed by atoms with E-state index in [0.717, 1.165) is 6.07 Å². The Kier molecular flexibility index (Phi) is 2.78. The molecule has 0 fully saturated rings. The van der Waals surface area contributed by atoms with E-state index in [1.54, 1.807) is 0 Å². The maximum absolute atomic E-state index is 12.4. The zero-order valence-electron chi connectivity index (χ0n) is 8.82. The number of aromatic amines is 1. The van der Waals surface area contributed by atoms with Gasteiger partial charge in [0.25, 0.3) is 0 Å². The molecule has 0 aliphatic carbocycles. The molecule has 96 valence electrons. The second-order valence-corrected chi connectivity index (χ2v) is 3.77. The van der Waals surface area contributed by atoms with Crippen LogP contribution in [0, 0.1) is 0 Å². The fourth-order valence-corrected chi connectivity index (χ4v) is 1.62. The SMILES string of the molecule is O=C(O)C(O)c1ccc2[nH]c(C(F)(F)F)cc2c1. The van der Waals surface area contributed by atoms with E-state index in [-0.39, 0.29) is 16.5 Å². The number of carboxylic acids is 1. The van der Waals surface area contributed by atoms with Gasteiger partial charge in [0.2, 0.25) is 0 Å². The molecule has 2 rings (SSSR count). The van der Waals surface area contributed by atoms with Crippen LogP contribution in [0.4, 0.5) is 13.2 Å². The molecule has 0 saturated carbocycles. The zero-order chi connectivity index (χ0) is 13.5. The Bertz CT molecular complexity index is 603. The fourth-order valence-electron chi connectivity index (χ4n) is 1.62. The Hall–Kier alpha value is -2.02. The normalized spacial score (nSPS) is 13.8. The van der Waals surface area contributed by atoms with E-state index in [1.165, 1.54) is 18.2 Å². The van der Waals surface area contributed by atoms with Crippen molar-refractivity contribution < 1.29 is 28.2 Å². The minimum atomic E-state index is -4.50. The minimum Gasteiger partial charge on any atom is -0.479 e. The van der Waals surface area contributed by atoms with Crippen molar-refractivity contribution in [1.29, 1.82) is 0 Å². The molecule has 4 nitrogen and oxygen atoms in total. The second kappa shape index (κ2) is 4.02. The van der Waals surface area contributed by atoms with Crippen molar-refractivity contribution in [3.05, 3.63) is 35.5 Å². The molecule has 0 spiro atoms. The summed E-state index contributed by atoms with van der Waals surface area (Å²) in [6, 6.07) is 4.64. The van der Waals surface area contributed by atoms with Crippen LogP contribution in [0.15, 0.2) is 24.3 Å². The van der Waals surface area contributed by atoms with Gasteiger partial charge in [-0.25, -0.2) is 4.79 Å². The van der Waals surface area contributed by atoms with Crippen LogP contribution >= 0.6 is 0 Å². The number of benzene rings is 1. The molecular weight excluding hydrogens is 251 g/mol. The predicted molar refractivity (Wildman–Crippen MR) is 55.9 cm³/mol. The standard InChI is InChI=1S/C11H8F3NO3/c12-11(13,14)8-4-6-3-5(9(16)10(17)18)1-2-7(6)15-8/h1-4,9,15-16H,(H,17,18). The van der Waals surface area contributed by atoms with Crippen LogP contribution in [-0.4, -0.2) is 21.2 Å². The van der Waals surface area contributed by atoms with E-state index >= 15 is 0 Å².